The molecule has 2 aliphatic rings. The van der Waals surface area contributed by atoms with Crippen LogP contribution in [0.4, 0.5) is 0 Å². The normalized spacial score (nSPS) is 42.5. The maximum absolute atomic E-state index is 11.6. The smallest absolute Gasteiger partial charge is 0.339 e. The number of esters is 1. The lowest BCUT2D eigenvalue weighted by Crippen LogP contribution is -2.44. The molecular weight excluding hydrogens is 196 g/mol. The standard InChI is InChI=1S/C11H16O4/c1-5-7-11(6-2)8(9(12)13-7)14-10(3,4)15-11/h6-8H,2,5H2,1,3-4H3/t7-,8+,11-/m1/s1. The molecule has 4 heteroatoms. The van der Waals surface area contributed by atoms with Crippen molar-refractivity contribution in [3.05, 3.63) is 12.7 Å². The molecule has 15 heavy (non-hydrogen) atoms. The summed E-state index contributed by atoms with van der Waals surface area (Å²) in [5.41, 5.74) is -0.810. The molecule has 0 aromatic heterocycles. The van der Waals surface area contributed by atoms with E-state index in [0.29, 0.717) is 6.42 Å². The summed E-state index contributed by atoms with van der Waals surface area (Å²) in [6.45, 7) is 9.26. The third kappa shape index (κ3) is 1.32. The van der Waals surface area contributed by atoms with E-state index in [9.17, 15) is 4.79 Å². The van der Waals surface area contributed by atoms with Gasteiger partial charge in [0, 0.05) is 0 Å². The topological polar surface area (TPSA) is 44.8 Å². The van der Waals surface area contributed by atoms with Gasteiger partial charge in [0.15, 0.2) is 17.5 Å². The number of cyclic esters (lactones) is 1. The monoisotopic (exact) mass is 212 g/mol. The van der Waals surface area contributed by atoms with E-state index in [0.717, 1.165) is 0 Å². The Bertz CT molecular complexity index is 310. The van der Waals surface area contributed by atoms with E-state index in [4.69, 9.17) is 14.2 Å². The molecule has 0 N–H and O–H groups in total. The Morgan fingerprint density at radius 2 is 2.20 bits per heavy atom. The van der Waals surface area contributed by atoms with Crippen LogP contribution in [-0.2, 0) is 19.0 Å². The lowest BCUT2D eigenvalue weighted by Gasteiger charge is -2.28. The minimum absolute atomic E-state index is 0.297. The highest BCUT2D eigenvalue weighted by Crippen LogP contribution is 2.46. The van der Waals surface area contributed by atoms with Crippen molar-refractivity contribution in [1.82, 2.24) is 0 Å². The van der Waals surface area contributed by atoms with Gasteiger partial charge < -0.3 is 14.2 Å². The van der Waals surface area contributed by atoms with Crippen LogP contribution in [0, 0.1) is 0 Å². The Hall–Kier alpha value is -0.870. The second kappa shape index (κ2) is 3.06. The van der Waals surface area contributed by atoms with Gasteiger partial charge in [0.05, 0.1) is 0 Å². The van der Waals surface area contributed by atoms with Crippen molar-refractivity contribution < 1.29 is 19.0 Å². The summed E-state index contributed by atoms with van der Waals surface area (Å²) in [7, 11) is 0. The largest absolute Gasteiger partial charge is 0.457 e. The molecule has 0 aliphatic carbocycles. The fraction of sp³-hybridized carbons (Fsp3) is 0.727. The van der Waals surface area contributed by atoms with Gasteiger partial charge in [0.25, 0.3) is 0 Å². The zero-order chi connectivity index (χ0) is 11.3. The maximum Gasteiger partial charge on any atom is 0.339 e. The minimum atomic E-state index is -0.810. The highest BCUT2D eigenvalue weighted by Gasteiger charge is 2.65. The van der Waals surface area contributed by atoms with E-state index >= 15 is 0 Å². The van der Waals surface area contributed by atoms with Gasteiger partial charge in [0.1, 0.15) is 6.10 Å². The number of carbonyl (C=O) groups excluding carboxylic acids is 1. The van der Waals surface area contributed by atoms with Crippen LogP contribution in [0.3, 0.4) is 0 Å². The van der Waals surface area contributed by atoms with Crippen molar-refractivity contribution in [2.24, 2.45) is 0 Å². The maximum atomic E-state index is 11.6. The second-order valence-electron chi connectivity index (χ2n) is 4.39. The Labute approximate surface area is 89.2 Å². The summed E-state index contributed by atoms with van der Waals surface area (Å²) in [5, 5.41) is 0. The van der Waals surface area contributed by atoms with E-state index in [2.05, 4.69) is 6.58 Å². The van der Waals surface area contributed by atoms with Crippen LogP contribution in [0.2, 0.25) is 0 Å². The number of fused-ring (bicyclic) bond motifs is 1. The molecule has 2 fully saturated rings. The predicted octanol–water partition coefficient (Wildman–Crippen LogP) is 1.40. The summed E-state index contributed by atoms with van der Waals surface area (Å²) < 4.78 is 16.5. The van der Waals surface area contributed by atoms with Crippen molar-refractivity contribution in [1.29, 1.82) is 0 Å². The highest BCUT2D eigenvalue weighted by molar-refractivity contribution is 5.80. The molecule has 2 saturated heterocycles. The third-order valence-corrected chi connectivity index (χ3v) is 2.90. The Morgan fingerprint density at radius 3 is 2.73 bits per heavy atom. The van der Waals surface area contributed by atoms with Gasteiger partial charge in [-0.15, -0.1) is 0 Å². The number of carbonyl (C=O) groups is 1. The van der Waals surface area contributed by atoms with E-state index in [-0.39, 0.29) is 12.1 Å². The van der Waals surface area contributed by atoms with Crippen molar-refractivity contribution in [2.45, 2.75) is 50.8 Å². The zero-order valence-electron chi connectivity index (χ0n) is 9.28. The molecule has 0 amide bonds. The Morgan fingerprint density at radius 1 is 1.53 bits per heavy atom. The van der Waals surface area contributed by atoms with Gasteiger partial charge in [-0.1, -0.05) is 19.6 Å². The quantitative estimate of drug-likeness (QED) is 0.512. The van der Waals surface area contributed by atoms with E-state index in [1.807, 2.05) is 6.92 Å². The Kier molecular flexibility index (Phi) is 2.17. The average Bonchev–Trinajstić information content (AvgIpc) is 2.58. The van der Waals surface area contributed by atoms with Gasteiger partial charge >= 0.3 is 5.97 Å². The van der Waals surface area contributed by atoms with Gasteiger partial charge in [-0.05, 0) is 20.3 Å². The first-order valence-electron chi connectivity index (χ1n) is 5.17. The van der Waals surface area contributed by atoms with Crippen LogP contribution >= 0.6 is 0 Å². The van der Waals surface area contributed by atoms with Crippen molar-refractivity contribution in [3.63, 3.8) is 0 Å². The van der Waals surface area contributed by atoms with Crippen LogP contribution in [0.1, 0.15) is 27.2 Å². The third-order valence-electron chi connectivity index (χ3n) is 2.90. The van der Waals surface area contributed by atoms with Gasteiger partial charge in [-0.3, -0.25) is 0 Å². The summed E-state index contributed by atoms with van der Waals surface area (Å²) in [5.74, 6) is -1.11. The van der Waals surface area contributed by atoms with Crippen molar-refractivity contribution >= 4 is 5.97 Å². The van der Waals surface area contributed by atoms with E-state index < -0.39 is 17.5 Å². The lowest BCUT2D eigenvalue weighted by atomic mass is 9.91. The first kappa shape index (κ1) is 10.6. The van der Waals surface area contributed by atoms with Crippen LogP contribution < -0.4 is 0 Å². The molecule has 2 heterocycles. The highest BCUT2D eigenvalue weighted by atomic mass is 16.8. The average molecular weight is 212 g/mol. The van der Waals surface area contributed by atoms with Gasteiger partial charge in [0.2, 0.25) is 0 Å². The van der Waals surface area contributed by atoms with E-state index in [1.54, 1.807) is 19.9 Å². The number of hydrogen-bond acceptors (Lipinski definition) is 4. The molecule has 0 saturated carbocycles. The molecule has 3 atom stereocenters. The van der Waals surface area contributed by atoms with Crippen LogP contribution in [0.15, 0.2) is 12.7 Å². The van der Waals surface area contributed by atoms with Crippen molar-refractivity contribution in [3.8, 4) is 0 Å². The van der Waals surface area contributed by atoms with Gasteiger partial charge in [-0.2, -0.15) is 0 Å². The fourth-order valence-electron chi connectivity index (χ4n) is 2.32. The van der Waals surface area contributed by atoms with Crippen LogP contribution in [-0.4, -0.2) is 29.6 Å². The molecule has 84 valence electrons. The zero-order valence-corrected chi connectivity index (χ0v) is 9.28. The van der Waals surface area contributed by atoms with Gasteiger partial charge in [-0.25, -0.2) is 4.79 Å². The van der Waals surface area contributed by atoms with Crippen LogP contribution in [0.25, 0.3) is 0 Å². The molecule has 4 nitrogen and oxygen atoms in total. The molecular formula is C11H16O4. The molecule has 0 radical (unpaired) electrons. The van der Waals surface area contributed by atoms with Crippen LogP contribution in [0.5, 0.6) is 0 Å². The summed E-state index contributed by atoms with van der Waals surface area (Å²) in [6.07, 6.45) is 1.35. The fourth-order valence-corrected chi connectivity index (χ4v) is 2.32. The second-order valence-corrected chi connectivity index (χ2v) is 4.39. The first-order chi connectivity index (χ1) is 6.95. The molecule has 0 bridgehead atoms. The lowest BCUT2D eigenvalue weighted by molar-refractivity contribution is -0.194. The molecule has 2 aliphatic heterocycles. The summed E-state index contributed by atoms with van der Waals surface area (Å²) in [6, 6.07) is 0. The Balaban J connectivity index is 2.40. The number of hydrogen-bond donors (Lipinski definition) is 0. The molecule has 0 aromatic rings. The summed E-state index contributed by atoms with van der Waals surface area (Å²) >= 11 is 0. The SMILES string of the molecule is C=C[C@]12OC(C)(C)O[C@H]1C(=O)O[C@@H]2CC. The predicted molar refractivity (Wildman–Crippen MR) is 53.1 cm³/mol. The molecule has 0 unspecified atom stereocenters. The minimum Gasteiger partial charge on any atom is -0.457 e. The molecule has 0 spiro atoms. The first-order valence-corrected chi connectivity index (χ1v) is 5.17. The number of ether oxygens (including phenoxy) is 3. The summed E-state index contributed by atoms with van der Waals surface area (Å²) in [4.78, 5) is 11.6. The number of rotatable bonds is 2. The van der Waals surface area contributed by atoms with Crippen molar-refractivity contribution in [2.75, 3.05) is 0 Å². The molecule has 2 rings (SSSR count). The van der Waals surface area contributed by atoms with E-state index in [1.165, 1.54) is 0 Å². The molecule has 0 aromatic carbocycles.